The van der Waals surface area contributed by atoms with Crippen LogP contribution in [0.3, 0.4) is 0 Å². The third-order valence-corrected chi connectivity index (χ3v) is 4.96. The summed E-state index contributed by atoms with van der Waals surface area (Å²) in [6, 6.07) is 19.1. The number of hydrogen-bond acceptors (Lipinski definition) is 4. The Morgan fingerprint density at radius 3 is 2.48 bits per heavy atom. The number of hydrogen-bond donors (Lipinski definition) is 0. The lowest BCUT2D eigenvalue weighted by Crippen LogP contribution is -2.65. The molecule has 2 aliphatic heterocycles. The molecule has 25 heavy (non-hydrogen) atoms. The average Bonchev–Trinajstić information content (AvgIpc) is 3.14. The van der Waals surface area contributed by atoms with Gasteiger partial charge in [-0.15, -0.1) is 0 Å². The second-order valence-electron chi connectivity index (χ2n) is 6.42. The molecule has 2 aromatic carbocycles. The molecule has 0 bridgehead atoms. The number of cyclic esters (lactones) is 1. The molecule has 2 aromatic rings. The lowest BCUT2D eigenvalue weighted by molar-refractivity contribution is -0.206. The Labute approximate surface area is 146 Å². The minimum atomic E-state index is -0.922. The number of rotatable bonds is 3. The van der Waals surface area contributed by atoms with Gasteiger partial charge in [0, 0.05) is 6.54 Å². The van der Waals surface area contributed by atoms with Crippen LogP contribution < -0.4 is 0 Å². The highest BCUT2D eigenvalue weighted by molar-refractivity contribution is 5.92. The maximum Gasteiger partial charge on any atom is 0.411 e. The van der Waals surface area contributed by atoms with Gasteiger partial charge in [0.05, 0.1) is 0 Å². The molecule has 5 nitrogen and oxygen atoms in total. The van der Waals surface area contributed by atoms with Gasteiger partial charge in [0.1, 0.15) is 6.61 Å². The monoisotopic (exact) mass is 337 g/mol. The first-order valence-electron chi connectivity index (χ1n) is 8.46. The number of esters is 1. The Balaban J connectivity index is 1.53. The molecule has 0 aromatic heterocycles. The quantitative estimate of drug-likeness (QED) is 0.805. The Kier molecular flexibility index (Phi) is 3.92. The highest BCUT2D eigenvalue weighted by Gasteiger charge is 2.66. The molecule has 0 saturated carbocycles. The first-order chi connectivity index (χ1) is 12.2. The summed E-state index contributed by atoms with van der Waals surface area (Å²) in [5, 5.41) is 0. The topological polar surface area (TPSA) is 55.8 Å². The van der Waals surface area contributed by atoms with Gasteiger partial charge >= 0.3 is 12.1 Å². The van der Waals surface area contributed by atoms with Crippen molar-refractivity contribution in [2.24, 2.45) is 0 Å². The van der Waals surface area contributed by atoms with E-state index in [0.29, 0.717) is 13.0 Å². The summed E-state index contributed by atoms with van der Waals surface area (Å²) in [5.41, 5.74) is 0.902. The highest BCUT2D eigenvalue weighted by atomic mass is 16.6. The molecule has 0 aliphatic carbocycles. The summed E-state index contributed by atoms with van der Waals surface area (Å²) in [4.78, 5) is 26.6. The molecular weight excluding hydrogens is 318 g/mol. The van der Waals surface area contributed by atoms with Crippen LogP contribution in [0.4, 0.5) is 4.79 Å². The molecular formula is C20H19NO4. The number of likely N-dealkylation sites (tertiary alicyclic amines) is 1. The van der Waals surface area contributed by atoms with Crippen LogP contribution >= 0.6 is 0 Å². The molecule has 4 rings (SSSR count). The van der Waals surface area contributed by atoms with Gasteiger partial charge < -0.3 is 9.47 Å². The zero-order valence-corrected chi connectivity index (χ0v) is 13.8. The summed E-state index contributed by atoms with van der Waals surface area (Å²) in [5.74, 6) is -0.337. The van der Waals surface area contributed by atoms with Crippen molar-refractivity contribution < 1.29 is 19.1 Å². The van der Waals surface area contributed by atoms with E-state index in [2.05, 4.69) is 0 Å². The summed E-state index contributed by atoms with van der Waals surface area (Å²) < 4.78 is 10.9. The molecule has 0 N–H and O–H groups in total. The molecule has 0 radical (unpaired) electrons. The van der Waals surface area contributed by atoms with E-state index in [1.54, 1.807) is 4.90 Å². The Morgan fingerprint density at radius 1 is 1.12 bits per heavy atom. The molecule has 5 heteroatoms. The summed E-state index contributed by atoms with van der Waals surface area (Å²) in [7, 11) is 0. The minimum Gasteiger partial charge on any atom is -0.452 e. The van der Waals surface area contributed by atoms with E-state index in [9.17, 15) is 9.59 Å². The van der Waals surface area contributed by atoms with Gasteiger partial charge in [0.25, 0.3) is 0 Å². The summed E-state index contributed by atoms with van der Waals surface area (Å²) in [6.07, 6.45) is 0.483. The maximum absolute atomic E-state index is 12.6. The Bertz CT molecular complexity index is 777. The fraction of sp³-hybridized carbons (Fsp3) is 0.300. The van der Waals surface area contributed by atoms with Crippen LogP contribution in [0.1, 0.15) is 30.1 Å². The number of carbonyl (C=O) groups is 2. The van der Waals surface area contributed by atoms with Crippen molar-refractivity contribution in [1.29, 1.82) is 0 Å². The third-order valence-electron chi connectivity index (χ3n) is 4.96. The van der Waals surface area contributed by atoms with Crippen molar-refractivity contribution in [2.45, 2.75) is 31.1 Å². The molecule has 128 valence electrons. The molecule has 0 unspecified atom stereocenters. The average molecular weight is 337 g/mol. The number of carbonyl (C=O) groups excluding carboxylic acids is 2. The van der Waals surface area contributed by atoms with Gasteiger partial charge in [-0.3, -0.25) is 4.90 Å². The van der Waals surface area contributed by atoms with Crippen molar-refractivity contribution in [3.8, 4) is 0 Å². The zero-order chi connectivity index (χ0) is 17.3. The molecule has 2 heterocycles. The van der Waals surface area contributed by atoms with Crippen LogP contribution in [-0.2, 0) is 20.9 Å². The van der Waals surface area contributed by atoms with Crippen LogP contribution in [0.5, 0.6) is 0 Å². The van der Waals surface area contributed by atoms with Crippen molar-refractivity contribution in [2.75, 3.05) is 6.54 Å². The van der Waals surface area contributed by atoms with Gasteiger partial charge in [-0.2, -0.15) is 0 Å². The van der Waals surface area contributed by atoms with Crippen LogP contribution in [0.15, 0.2) is 60.7 Å². The molecule has 2 aliphatic rings. The summed E-state index contributed by atoms with van der Waals surface area (Å²) >= 11 is 0. The predicted octanol–water partition coefficient (Wildman–Crippen LogP) is 3.46. The van der Waals surface area contributed by atoms with E-state index in [1.807, 2.05) is 60.7 Å². The van der Waals surface area contributed by atoms with Crippen LogP contribution in [0, 0.1) is 0 Å². The second kappa shape index (κ2) is 6.24. The predicted molar refractivity (Wildman–Crippen MR) is 90.6 cm³/mol. The van der Waals surface area contributed by atoms with Gasteiger partial charge in [-0.1, -0.05) is 60.7 Å². The molecule has 1 amide bonds. The van der Waals surface area contributed by atoms with Crippen LogP contribution in [-0.4, -0.2) is 29.0 Å². The lowest BCUT2D eigenvalue weighted by Gasteiger charge is -2.48. The first-order valence-corrected chi connectivity index (χ1v) is 8.46. The number of nitrogens with zero attached hydrogens (tertiary/aromatic N) is 1. The Hall–Kier alpha value is -2.82. The molecule has 2 saturated heterocycles. The van der Waals surface area contributed by atoms with Crippen LogP contribution in [0.25, 0.3) is 0 Å². The van der Waals surface area contributed by atoms with Crippen molar-refractivity contribution in [3.63, 3.8) is 0 Å². The lowest BCUT2D eigenvalue weighted by atomic mass is 9.80. The largest absolute Gasteiger partial charge is 0.452 e. The molecule has 2 fully saturated rings. The Morgan fingerprint density at radius 2 is 1.80 bits per heavy atom. The normalized spacial score (nSPS) is 24.7. The van der Waals surface area contributed by atoms with Crippen LogP contribution in [0.2, 0.25) is 0 Å². The fourth-order valence-corrected chi connectivity index (χ4v) is 3.70. The van der Waals surface area contributed by atoms with E-state index in [0.717, 1.165) is 17.5 Å². The molecule has 2 atom stereocenters. The number of benzene rings is 2. The van der Waals surface area contributed by atoms with E-state index in [-0.39, 0.29) is 12.6 Å². The van der Waals surface area contributed by atoms with Crippen molar-refractivity contribution in [1.82, 2.24) is 4.90 Å². The zero-order valence-electron chi connectivity index (χ0n) is 13.8. The van der Waals surface area contributed by atoms with E-state index >= 15 is 0 Å². The van der Waals surface area contributed by atoms with Gasteiger partial charge in [-0.05, 0) is 24.0 Å². The van der Waals surface area contributed by atoms with E-state index in [4.69, 9.17) is 9.47 Å². The van der Waals surface area contributed by atoms with Crippen molar-refractivity contribution >= 4 is 12.1 Å². The maximum atomic E-state index is 12.6. The third kappa shape index (κ3) is 2.56. The van der Waals surface area contributed by atoms with Gasteiger partial charge in [-0.25, -0.2) is 9.59 Å². The van der Waals surface area contributed by atoms with E-state index < -0.39 is 17.7 Å². The fourth-order valence-electron chi connectivity index (χ4n) is 3.70. The number of ether oxygens (including phenoxy) is 2. The van der Waals surface area contributed by atoms with Gasteiger partial charge in [0.2, 0.25) is 0 Å². The molecule has 1 spiro atoms. The minimum absolute atomic E-state index is 0.192. The number of amides is 1. The highest BCUT2D eigenvalue weighted by Crippen LogP contribution is 2.50. The van der Waals surface area contributed by atoms with E-state index in [1.165, 1.54) is 0 Å². The first kappa shape index (κ1) is 15.7. The smallest absolute Gasteiger partial charge is 0.411 e. The second-order valence-corrected chi connectivity index (χ2v) is 6.42. The standard InChI is InChI=1S/C20H19NO4/c22-18-20(17(25-18)16-10-5-2-6-11-16)12-7-13-21(20)19(23)24-14-15-8-3-1-4-9-15/h1-6,8-11,17H,7,12-14H2/t17-,20+/m0/s1. The van der Waals surface area contributed by atoms with Gasteiger partial charge in [0.15, 0.2) is 11.6 Å². The van der Waals surface area contributed by atoms with Crippen molar-refractivity contribution in [3.05, 3.63) is 71.8 Å². The SMILES string of the molecule is O=C(OCc1ccccc1)N1CCC[C@@]12C(=O)O[C@H]2c1ccccc1. The summed E-state index contributed by atoms with van der Waals surface area (Å²) in [6.45, 7) is 0.698.